The first-order chi connectivity index (χ1) is 18.6. The van der Waals surface area contributed by atoms with E-state index in [-0.39, 0.29) is 23.8 Å². The van der Waals surface area contributed by atoms with Crippen LogP contribution in [0.1, 0.15) is 46.9 Å². The molecule has 4 rings (SSSR count). The lowest BCUT2D eigenvalue weighted by Gasteiger charge is -2.34. The Bertz CT molecular complexity index is 1510. The number of carboxylic acid groups (broad SMARTS) is 2. The Morgan fingerprint density at radius 3 is 2.49 bits per heavy atom. The number of alkyl halides is 1. The van der Waals surface area contributed by atoms with Crippen molar-refractivity contribution >= 4 is 57.8 Å². The van der Waals surface area contributed by atoms with Crippen LogP contribution in [0.4, 0.5) is 0 Å². The van der Waals surface area contributed by atoms with Gasteiger partial charge in [-0.05, 0) is 53.6 Å². The molecule has 3 aromatic carbocycles. The number of carbonyl (C=O) groups is 2. The number of rotatable bonds is 11. The second-order valence-corrected chi connectivity index (χ2v) is 11.8. The van der Waals surface area contributed by atoms with Gasteiger partial charge in [0.2, 0.25) is 0 Å². The van der Waals surface area contributed by atoms with Crippen molar-refractivity contribution in [1.82, 2.24) is 4.98 Å². The minimum atomic E-state index is -1.10. The zero-order valence-corrected chi connectivity index (χ0v) is 23.6. The number of ether oxygens (including phenoxy) is 1. The van der Waals surface area contributed by atoms with E-state index in [2.05, 4.69) is 4.98 Å². The van der Waals surface area contributed by atoms with Gasteiger partial charge >= 0.3 is 11.9 Å². The number of thioether (sulfide) groups is 1. The largest absolute Gasteiger partial charge is 0.487 e. The molecule has 2 N–H and O–H groups in total. The van der Waals surface area contributed by atoms with Gasteiger partial charge in [0.15, 0.2) is 0 Å². The van der Waals surface area contributed by atoms with Crippen LogP contribution in [0.25, 0.3) is 10.9 Å². The summed E-state index contributed by atoms with van der Waals surface area (Å²) in [7, 11) is 0. The van der Waals surface area contributed by atoms with Crippen LogP contribution in [0.2, 0.25) is 5.02 Å². The first-order valence-electron chi connectivity index (χ1n) is 12.2. The second kappa shape index (κ2) is 12.3. The molecule has 0 spiro atoms. The van der Waals surface area contributed by atoms with E-state index in [0.717, 1.165) is 27.7 Å². The highest BCUT2D eigenvalue weighted by Gasteiger charge is 2.39. The molecule has 39 heavy (non-hydrogen) atoms. The van der Waals surface area contributed by atoms with Crippen molar-refractivity contribution < 1.29 is 24.5 Å². The molecule has 0 saturated heterocycles. The third kappa shape index (κ3) is 6.85. The minimum absolute atomic E-state index is 0.156. The summed E-state index contributed by atoms with van der Waals surface area (Å²) in [5.74, 6) is -2.11. The Kier molecular flexibility index (Phi) is 9.05. The summed E-state index contributed by atoms with van der Waals surface area (Å²) in [5.41, 5.74) is 3.11. The zero-order valence-electron chi connectivity index (χ0n) is 21.3. The number of aromatic carboxylic acids is 1. The number of aromatic nitrogens is 1. The molecule has 0 aliphatic heterocycles. The number of pyridine rings is 1. The van der Waals surface area contributed by atoms with Crippen LogP contribution in [0.3, 0.4) is 0 Å². The quantitative estimate of drug-likeness (QED) is 0.174. The molecule has 9 heteroatoms. The van der Waals surface area contributed by atoms with Crippen molar-refractivity contribution in [2.24, 2.45) is 5.92 Å². The summed E-state index contributed by atoms with van der Waals surface area (Å²) in [4.78, 5) is 27.7. The van der Waals surface area contributed by atoms with Crippen molar-refractivity contribution in [3.05, 3.63) is 106 Å². The molecule has 0 bridgehead atoms. The highest BCUT2D eigenvalue weighted by atomic mass is 35.5. The highest BCUT2D eigenvalue weighted by Crippen LogP contribution is 2.52. The maximum Gasteiger partial charge on any atom is 0.335 e. The van der Waals surface area contributed by atoms with Crippen LogP contribution in [0, 0.1) is 5.92 Å². The normalized spacial score (nSPS) is 14.4. The van der Waals surface area contributed by atoms with Crippen LogP contribution in [-0.4, -0.2) is 32.9 Å². The standard InChI is InChI=1S/C30H27Cl2NO5S/c1-18(28(34)35)17-39-30(32,19(2)21-5-3-6-22(13-21)29(36)37)23-7-4-8-26(14-23)38-16-25-12-10-20-9-11-24(31)15-27(20)33-25/h3-15,18-19H,16-17H2,1-2H3,(H,34,35)(H,36,37). The molecule has 0 radical (unpaired) electrons. The predicted molar refractivity (Wildman–Crippen MR) is 156 cm³/mol. The molecular formula is C30H27Cl2NO5S. The van der Waals surface area contributed by atoms with Crippen molar-refractivity contribution in [3.8, 4) is 5.75 Å². The van der Waals surface area contributed by atoms with Crippen molar-refractivity contribution in [2.75, 3.05) is 5.75 Å². The van der Waals surface area contributed by atoms with Crippen molar-refractivity contribution in [1.29, 1.82) is 0 Å². The Morgan fingerprint density at radius 2 is 1.74 bits per heavy atom. The average molecular weight is 585 g/mol. The topological polar surface area (TPSA) is 96.7 Å². The fourth-order valence-corrected chi connectivity index (χ4v) is 6.01. The molecule has 4 aromatic rings. The van der Waals surface area contributed by atoms with Gasteiger partial charge in [0.05, 0.1) is 22.7 Å². The molecule has 0 aliphatic carbocycles. The van der Waals surface area contributed by atoms with E-state index in [1.165, 1.54) is 17.8 Å². The van der Waals surface area contributed by atoms with E-state index in [4.69, 9.17) is 27.9 Å². The van der Waals surface area contributed by atoms with Gasteiger partial charge in [-0.25, -0.2) is 9.78 Å². The summed E-state index contributed by atoms with van der Waals surface area (Å²) in [6.07, 6.45) is 0. The van der Waals surface area contributed by atoms with Gasteiger partial charge in [0.1, 0.15) is 16.6 Å². The third-order valence-corrected chi connectivity index (χ3v) is 9.27. The molecule has 202 valence electrons. The van der Waals surface area contributed by atoms with Gasteiger partial charge in [0, 0.05) is 22.1 Å². The molecule has 1 heterocycles. The molecule has 0 amide bonds. The Morgan fingerprint density at radius 1 is 1.00 bits per heavy atom. The number of hydrogen-bond acceptors (Lipinski definition) is 5. The summed E-state index contributed by atoms with van der Waals surface area (Å²) < 4.78 is 4.97. The molecule has 3 unspecified atom stereocenters. The second-order valence-electron chi connectivity index (χ2n) is 9.30. The number of nitrogens with zero attached hydrogens (tertiary/aromatic N) is 1. The van der Waals surface area contributed by atoms with E-state index in [1.54, 1.807) is 25.1 Å². The maximum atomic E-state index is 11.6. The Labute approximate surface area is 240 Å². The van der Waals surface area contributed by atoms with Gasteiger partial charge in [0.25, 0.3) is 0 Å². The number of halogens is 2. The summed E-state index contributed by atoms with van der Waals surface area (Å²) in [6.45, 7) is 3.76. The fourth-order valence-electron chi connectivity index (χ4n) is 4.10. The molecule has 3 atom stereocenters. The van der Waals surface area contributed by atoms with E-state index in [9.17, 15) is 19.8 Å². The molecule has 0 fully saturated rings. The minimum Gasteiger partial charge on any atom is -0.487 e. The monoisotopic (exact) mass is 583 g/mol. The average Bonchev–Trinajstić information content (AvgIpc) is 2.94. The number of benzene rings is 3. The van der Waals surface area contributed by atoms with Crippen molar-refractivity contribution in [2.45, 2.75) is 30.6 Å². The maximum absolute atomic E-state index is 11.6. The summed E-state index contributed by atoms with van der Waals surface area (Å²) in [6, 6.07) is 23.4. The first kappa shape index (κ1) is 28.7. The molecule has 1 aromatic heterocycles. The molecule has 0 saturated carbocycles. The first-order valence-corrected chi connectivity index (χ1v) is 14.0. The van der Waals surface area contributed by atoms with Crippen LogP contribution < -0.4 is 4.74 Å². The van der Waals surface area contributed by atoms with Crippen LogP contribution in [0.5, 0.6) is 5.75 Å². The smallest absolute Gasteiger partial charge is 0.335 e. The number of hydrogen-bond donors (Lipinski definition) is 2. The van der Waals surface area contributed by atoms with Crippen LogP contribution in [0.15, 0.2) is 78.9 Å². The third-order valence-electron chi connectivity index (χ3n) is 6.48. The van der Waals surface area contributed by atoms with E-state index >= 15 is 0 Å². The van der Waals surface area contributed by atoms with Crippen molar-refractivity contribution in [3.63, 3.8) is 0 Å². The van der Waals surface area contributed by atoms with E-state index in [1.807, 2.05) is 61.5 Å². The predicted octanol–water partition coefficient (Wildman–Crippen LogP) is 7.81. The number of fused-ring (bicyclic) bond motifs is 1. The molecule has 6 nitrogen and oxygen atoms in total. The molecular weight excluding hydrogens is 557 g/mol. The lowest BCUT2D eigenvalue weighted by Crippen LogP contribution is -2.25. The Balaban J connectivity index is 1.62. The summed E-state index contributed by atoms with van der Waals surface area (Å²) in [5, 5.41) is 20.5. The molecule has 0 aliphatic rings. The zero-order chi connectivity index (χ0) is 28.2. The SMILES string of the molecule is CC(CSC(Cl)(c1cccc(OCc2ccc3ccc(Cl)cc3n2)c1)C(C)c1cccc(C(=O)O)c1)C(=O)O. The summed E-state index contributed by atoms with van der Waals surface area (Å²) >= 11 is 14.8. The fraction of sp³-hybridized carbons (Fsp3) is 0.233. The van der Waals surface area contributed by atoms with E-state index in [0.29, 0.717) is 10.8 Å². The number of carboxylic acids is 2. The van der Waals surface area contributed by atoms with Gasteiger partial charge in [-0.15, -0.1) is 23.4 Å². The van der Waals surface area contributed by atoms with Crippen LogP contribution >= 0.6 is 35.0 Å². The van der Waals surface area contributed by atoms with Gasteiger partial charge in [-0.1, -0.05) is 61.8 Å². The van der Waals surface area contributed by atoms with Gasteiger partial charge in [-0.3, -0.25) is 4.79 Å². The van der Waals surface area contributed by atoms with Gasteiger partial charge in [-0.2, -0.15) is 0 Å². The Hall–Kier alpha value is -3.26. The van der Waals surface area contributed by atoms with Gasteiger partial charge < -0.3 is 14.9 Å². The van der Waals surface area contributed by atoms with E-state index < -0.39 is 22.1 Å². The lowest BCUT2D eigenvalue weighted by atomic mass is 9.91. The number of aliphatic carboxylic acids is 1. The lowest BCUT2D eigenvalue weighted by molar-refractivity contribution is -0.140. The van der Waals surface area contributed by atoms with Crippen LogP contribution in [-0.2, 0) is 15.6 Å². The highest BCUT2D eigenvalue weighted by molar-refractivity contribution is 8.01.